The van der Waals surface area contributed by atoms with Crippen LogP contribution in [0.3, 0.4) is 0 Å². The number of fused-ring (bicyclic) bond motifs is 1. The highest BCUT2D eigenvalue weighted by Gasteiger charge is 2.09. The van der Waals surface area contributed by atoms with E-state index in [0.717, 1.165) is 0 Å². The second kappa shape index (κ2) is 3.61. The number of benzene rings is 1. The lowest BCUT2D eigenvalue weighted by molar-refractivity contribution is 0.0697. The third-order valence-electron chi connectivity index (χ3n) is 1.88. The maximum Gasteiger partial charge on any atom is 0.394 e. The van der Waals surface area contributed by atoms with Crippen LogP contribution in [0.2, 0.25) is 0 Å². The Morgan fingerprint density at radius 3 is 3.07 bits per heavy atom. The molecule has 0 saturated carbocycles. The molecule has 0 fully saturated rings. The average molecular weight is 207 g/mol. The second-order valence-electron chi connectivity index (χ2n) is 2.90. The largest absolute Gasteiger partial charge is 0.478 e. The van der Waals surface area contributed by atoms with E-state index in [0.29, 0.717) is 17.7 Å². The number of oxazole rings is 1. The van der Waals surface area contributed by atoms with Crippen molar-refractivity contribution < 1.29 is 19.1 Å². The molecule has 0 aliphatic rings. The molecule has 5 nitrogen and oxygen atoms in total. The van der Waals surface area contributed by atoms with Gasteiger partial charge in [0.15, 0.2) is 5.58 Å². The van der Waals surface area contributed by atoms with E-state index in [9.17, 15) is 4.79 Å². The molecule has 1 N–H and O–H groups in total. The van der Waals surface area contributed by atoms with Gasteiger partial charge in [-0.15, -0.1) is 0 Å². The Kier molecular flexibility index (Phi) is 2.29. The van der Waals surface area contributed by atoms with Gasteiger partial charge in [0.2, 0.25) is 0 Å². The van der Waals surface area contributed by atoms with Crippen LogP contribution in [0.1, 0.15) is 17.3 Å². The van der Waals surface area contributed by atoms with Crippen molar-refractivity contribution in [2.45, 2.75) is 6.92 Å². The minimum Gasteiger partial charge on any atom is -0.478 e. The van der Waals surface area contributed by atoms with Gasteiger partial charge in [-0.2, -0.15) is 4.98 Å². The van der Waals surface area contributed by atoms with Gasteiger partial charge in [0.05, 0.1) is 12.2 Å². The quantitative estimate of drug-likeness (QED) is 0.832. The van der Waals surface area contributed by atoms with E-state index in [-0.39, 0.29) is 11.6 Å². The van der Waals surface area contributed by atoms with Crippen LogP contribution >= 0.6 is 0 Å². The fraction of sp³-hybridized carbons (Fsp3) is 0.200. The zero-order chi connectivity index (χ0) is 10.8. The SMILES string of the molecule is CCOc1nc2ccc(C(=O)O)cc2o1. The maximum absolute atomic E-state index is 10.7. The minimum absolute atomic E-state index is 0.162. The summed E-state index contributed by atoms with van der Waals surface area (Å²) in [6.45, 7) is 2.27. The number of carbonyl (C=O) groups is 1. The number of aromatic nitrogens is 1. The molecule has 2 aromatic rings. The van der Waals surface area contributed by atoms with E-state index in [1.807, 2.05) is 6.92 Å². The number of hydrogen-bond acceptors (Lipinski definition) is 4. The van der Waals surface area contributed by atoms with Crippen LogP contribution in [0.25, 0.3) is 11.1 Å². The van der Waals surface area contributed by atoms with Gasteiger partial charge in [0, 0.05) is 0 Å². The fourth-order valence-corrected chi connectivity index (χ4v) is 1.22. The van der Waals surface area contributed by atoms with E-state index < -0.39 is 5.97 Å². The van der Waals surface area contributed by atoms with E-state index in [1.165, 1.54) is 12.1 Å². The normalized spacial score (nSPS) is 10.5. The molecule has 1 aromatic heterocycles. The molecule has 15 heavy (non-hydrogen) atoms. The predicted octanol–water partition coefficient (Wildman–Crippen LogP) is 1.92. The summed E-state index contributed by atoms with van der Waals surface area (Å²) >= 11 is 0. The summed E-state index contributed by atoms with van der Waals surface area (Å²) in [7, 11) is 0. The van der Waals surface area contributed by atoms with Gasteiger partial charge < -0.3 is 14.3 Å². The van der Waals surface area contributed by atoms with Crippen LogP contribution in [-0.4, -0.2) is 22.7 Å². The van der Waals surface area contributed by atoms with Crippen LogP contribution in [0.5, 0.6) is 6.08 Å². The number of carboxylic acid groups (broad SMARTS) is 1. The van der Waals surface area contributed by atoms with Gasteiger partial charge in [0.1, 0.15) is 5.52 Å². The number of ether oxygens (including phenoxy) is 1. The number of nitrogens with zero attached hydrogens (tertiary/aromatic N) is 1. The zero-order valence-electron chi connectivity index (χ0n) is 8.06. The molecule has 0 amide bonds. The van der Waals surface area contributed by atoms with Crippen molar-refractivity contribution >= 4 is 17.1 Å². The van der Waals surface area contributed by atoms with Crippen molar-refractivity contribution in [3.05, 3.63) is 23.8 Å². The highest BCUT2D eigenvalue weighted by atomic mass is 16.6. The molecule has 1 aromatic carbocycles. The second-order valence-corrected chi connectivity index (χ2v) is 2.90. The summed E-state index contributed by atoms with van der Waals surface area (Å²) in [6, 6.07) is 4.49. The molecule has 0 atom stereocenters. The van der Waals surface area contributed by atoms with E-state index in [2.05, 4.69) is 4.98 Å². The van der Waals surface area contributed by atoms with E-state index >= 15 is 0 Å². The zero-order valence-corrected chi connectivity index (χ0v) is 8.06. The summed E-state index contributed by atoms with van der Waals surface area (Å²) < 4.78 is 10.3. The van der Waals surface area contributed by atoms with Crippen molar-refractivity contribution in [2.24, 2.45) is 0 Å². The molecule has 5 heteroatoms. The highest BCUT2D eigenvalue weighted by molar-refractivity contribution is 5.91. The Morgan fingerprint density at radius 2 is 2.40 bits per heavy atom. The summed E-state index contributed by atoms with van der Waals surface area (Å²) in [5.74, 6) is -0.994. The smallest absolute Gasteiger partial charge is 0.394 e. The lowest BCUT2D eigenvalue weighted by Gasteiger charge is -1.92. The summed E-state index contributed by atoms with van der Waals surface area (Å²) in [6.07, 6.45) is 0.162. The molecule has 0 aliphatic heterocycles. The van der Waals surface area contributed by atoms with Crippen molar-refractivity contribution in [3.63, 3.8) is 0 Å². The van der Waals surface area contributed by atoms with Crippen LogP contribution in [0.15, 0.2) is 22.6 Å². The van der Waals surface area contributed by atoms with Gasteiger partial charge in [-0.05, 0) is 25.1 Å². The lowest BCUT2D eigenvalue weighted by Crippen LogP contribution is -1.94. The van der Waals surface area contributed by atoms with Gasteiger partial charge >= 0.3 is 12.0 Å². The first kappa shape index (κ1) is 9.51. The van der Waals surface area contributed by atoms with Crippen LogP contribution in [-0.2, 0) is 0 Å². The van der Waals surface area contributed by atoms with E-state index in [1.54, 1.807) is 6.07 Å². The first-order valence-electron chi connectivity index (χ1n) is 4.47. The van der Waals surface area contributed by atoms with Crippen LogP contribution in [0.4, 0.5) is 0 Å². The molecule has 0 spiro atoms. The molecule has 0 bridgehead atoms. The average Bonchev–Trinajstić information content (AvgIpc) is 2.59. The summed E-state index contributed by atoms with van der Waals surface area (Å²) in [4.78, 5) is 14.7. The van der Waals surface area contributed by atoms with Crippen molar-refractivity contribution in [2.75, 3.05) is 6.61 Å². The third kappa shape index (κ3) is 1.76. The van der Waals surface area contributed by atoms with Gasteiger partial charge in [-0.25, -0.2) is 4.79 Å². The fourth-order valence-electron chi connectivity index (χ4n) is 1.22. The summed E-state index contributed by atoms with van der Waals surface area (Å²) in [5, 5.41) is 8.76. The number of aromatic carboxylic acids is 1. The van der Waals surface area contributed by atoms with Gasteiger partial charge in [-0.1, -0.05) is 0 Å². The standard InChI is InChI=1S/C10H9NO4/c1-2-14-10-11-7-4-3-6(9(12)13)5-8(7)15-10/h3-5H,2H2,1H3,(H,12,13). The molecular weight excluding hydrogens is 198 g/mol. The van der Waals surface area contributed by atoms with Gasteiger partial charge in [-0.3, -0.25) is 0 Å². The maximum atomic E-state index is 10.7. The van der Waals surface area contributed by atoms with Crippen LogP contribution < -0.4 is 4.74 Å². The Bertz CT molecular complexity index is 503. The topological polar surface area (TPSA) is 72.6 Å². The number of hydrogen-bond donors (Lipinski definition) is 1. The molecule has 2 rings (SSSR count). The third-order valence-corrected chi connectivity index (χ3v) is 1.88. The van der Waals surface area contributed by atoms with Crippen molar-refractivity contribution in [1.82, 2.24) is 4.98 Å². The van der Waals surface area contributed by atoms with Crippen molar-refractivity contribution in [3.8, 4) is 6.08 Å². The Hall–Kier alpha value is -2.04. The van der Waals surface area contributed by atoms with Crippen LogP contribution in [0, 0.1) is 0 Å². The molecule has 78 valence electrons. The summed E-state index contributed by atoms with van der Waals surface area (Å²) in [5.41, 5.74) is 1.17. The first-order chi connectivity index (χ1) is 7.20. The molecular formula is C10H9NO4. The Balaban J connectivity index is 2.47. The molecule has 1 heterocycles. The number of carboxylic acids is 1. The first-order valence-corrected chi connectivity index (χ1v) is 4.47. The molecule has 0 unspecified atom stereocenters. The van der Waals surface area contributed by atoms with Gasteiger partial charge in [0.25, 0.3) is 0 Å². The molecule has 0 aliphatic carbocycles. The molecule has 0 radical (unpaired) electrons. The minimum atomic E-state index is -0.994. The molecule has 0 saturated heterocycles. The predicted molar refractivity (Wildman–Crippen MR) is 52.1 cm³/mol. The Morgan fingerprint density at radius 1 is 1.60 bits per heavy atom. The Labute approximate surface area is 85.3 Å². The monoisotopic (exact) mass is 207 g/mol. The highest BCUT2D eigenvalue weighted by Crippen LogP contribution is 2.21. The lowest BCUT2D eigenvalue weighted by atomic mass is 10.2. The van der Waals surface area contributed by atoms with E-state index in [4.69, 9.17) is 14.3 Å². The van der Waals surface area contributed by atoms with Crippen molar-refractivity contribution in [1.29, 1.82) is 0 Å². The number of rotatable bonds is 3.